The van der Waals surface area contributed by atoms with Crippen LogP contribution in [0, 0.1) is 24.0 Å². The van der Waals surface area contributed by atoms with Gasteiger partial charge in [0, 0.05) is 12.1 Å². The minimum Gasteiger partial charge on any atom is -0.493 e. The molecule has 1 N–H and O–H groups in total. The van der Waals surface area contributed by atoms with Gasteiger partial charge in [0.05, 0.1) is 17.7 Å². The van der Waals surface area contributed by atoms with Gasteiger partial charge in [0.15, 0.2) is 11.5 Å². The number of urea groups is 1. The van der Waals surface area contributed by atoms with E-state index in [2.05, 4.69) is 10.3 Å². The molecule has 0 bridgehead atoms. The maximum atomic E-state index is 13.2. The van der Waals surface area contributed by atoms with E-state index in [0.717, 1.165) is 22.2 Å². The number of methoxy groups -OCH3 is 1. The number of ether oxygens (including phenoxy) is 2. The summed E-state index contributed by atoms with van der Waals surface area (Å²) in [4.78, 5) is 53.2. The second-order valence-corrected chi connectivity index (χ2v) is 7.93. The van der Waals surface area contributed by atoms with Crippen molar-refractivity contribution in [1.82, 2.24) is 10.3 Å². The number of barbiturate groups is 1. The first-order valence-corrected chi connectivity index (χ1v) is 10.6. The highest BCUT2D eigenvalue weighted by atomic mass is 16.6. The normalized spacial score (nSPS) is 14.6. The number of carbonyl (C=O) groups is 3. The molecule has 1 aliphatic rings. The molecule has 0 radical (unpaired) electrons. The summed E-state index contributed by atoms with van der Waals surface area (Å²) in [7, 11) is 1.40. The molecule has 0 spiro atoms. The molecule has 1 aliphatic heterocycles. The van der Waals surface area contributed by atoms with Gasteiger partial charge >= 0.3 is 6.03 Å². The van der Waals surface area contributed by atoms with Gasteiger partial charge in [0.1, 0.15) is 11.8 Å². The summed E-state index contributed by atoms with van der Waals surface area (Å²) in [5, 5.41) is 13.0. The van der Waals surface area contributed by atoms with Crippen molar-refractivity contribution < 1.29 is 28.8 Å². The van der Waals surface area contributed by atoms with E-state index >= 15 is 0 Å². The molecule has 4 rings (SSSR count). The zero-order chi connectivity index (χ0) is 26.0. The minimum absolute atomic E-state index is 0.106. The quantitative estimate of drug-likeness (QED) is 0.237. The van der Waals surface area contributed by atoms with Crippen molar-refractivity contribution in [2.24, 2.45) is 0 Å². The Morgan fingerprint density at radius 3 is 2.33 bits per heavy atom. The SMILES string of the molecule is COc1cc(/C=C2\C(=O)NC(=O)N(c3cc(C)cc(C)c3)C2=O)ccc1Oc1ccc([N+](=O)[O-])cn1. The fraction of sp³-hybridized carbons (Fsp3) is 0.120. The molecule has 36 heavy (non-hydrogen) atoms. The summed E-state index contributed by atoms with van der Waals surface area (Å²) in [6.07, 6.45) is 2.41. The number of aromatic nitrogens is 1. The molecule has 0 atom stereocenters. The molecule has 3 aromatic rings. The molecular formula is C25H20N4O7. The molecule has 1 aromatic heterocycles. The molecule has 1 saturated heterocycles. The summed E-state index contributed by atoms with van der Waals surface area (Å²) < 4.78 is 11.0. The van der Waals surface area contributed by atoms with Crippen molar-refractivity contribution >= 4 is 35.3 Å². The first-order chi connectivity index (χ1) is 17.2. The Bertz CT molecular complexity index is 1410. The summed E-state index contributed by atoms with van der Waals surface area (Å²) in [6, 6.07) is 11.7. The Morgan fingerprint density at radius 1 is 1.00 bits per heavy atom. The zero-order valence-corrected chi connectivity index (χ0v) is 19.5. The van der Waals surface area contributed by atoms with Crippen LogP contribution >= 0.6 is 0 Å². The van der Waals surface area contributed by atoms with Gasteiger partial charge in [0.2, 0.25) is 5.88 Å². The van der Waals surface area contributed by atoms with Crippen LogP contribution in [0.5, 0.6) is 17.4 Å². The third kappa shape index (κ3) is 4.89. The average molecular weight is 488 g/mol. The van der Waals surface area contributed by atoms with Gasteiger partial charge in [-0.15, -0.1) is 0 Å². The van der Waals surface area contributed by atoms with E-state index in [1.807, 2.05) is 19.9 Å². The summed E-state index contributed by atoms with van der Waals surface area (Å²) in [5.74, 6) is -0.958. The molecule has 0 aliphatic carbocycles. The predicted octanol–water partition coefficient (Wildman–Crippen LogP) is 4.07. The van der Waals surface area contributed by atoms with Crippen LogP contribution in [0.25, 0.3) is 6.08 Å². The first kappa shape index (κ1) is 24.1. The number of nitro groups is 1. The van der Waals surface area contributed by atoms with Crippen molar-refractivity contribution in [3.05, 3.63) is 87.1 Å². The van der Waals surface area contributed by atoms with Crippen molar-refractivity contribution in [1.29, 1.82) is 0 Å². The van der Waals surface area contributed by atoms with Gasteiger partial charge in [-0.1, -0.05) is 12.1 Å². The lowest BCUT2D eigenvalue weighted by Crippen LogP contribution is -2.54. The number of aryl methyl sites for hydroxylation is 2. The van der Waals surface area contributed by atoms with E-state index in [1.165, 1.54) is 37.5 Å². The molecule has 1 fully saturated rings. The summed E-state index contributed by atoms with van der Waals surface area (Å²) >= 11 is 0. The van der Waals surface area contributed by atoms with E-state index in [1.54, 1.807) is 18.2 Å². The molecule has 2 aromatic carbocycles. The van der Waals surface area contributed by atoms with Crippen LogP contribution in [0.4, 0.5) is 16.2 Å². The lowest BCUT2D eigenvalue weighted by atomic mass is 10.0. The average Bonchev–Trinajstić information content (AvgIpc) is 2.82. The fourth-order valence-electron chi connectivity index (χ4n) is 3.65. The smallest absolute Gasteiger partial charge is 0.335 e. The van der Waals surface area contributed by atoms with Crippen LogP contribution in [-0.4, -0.2) is 34.9 Å². The molecule has 2 heterocycles. The highest BCUT2D eigenvalue weighted by molar-refractivity contribution is 6.39. The number of benzene rings is 2. The number of nitrogens with zero attached hydrogens (tertiary/aromatic N) is 3. The Hall–Kier alpha value is -5.06. The van der Waals surface area contributed by atoms with Crippen LogP contribution < -0.4 is 19.7 Å². The number of imide groups is 2. The van der Waals surface area contributed by atoms with Crippen LogP contribution in [0.1, 0.15) is 16.7 Å². The number of hydrogen-bond donors (Lipinski definition) is 1. The molecule has 0 saturated carbocycles. The number of rotatable bonds is 6. The Balaban J connectivity index is 1.63. The van der Waals surface area contributed by atoms with Crippen molar-refractivity contribution in [3.8, 4) is 17.4 Å². The maximum absolute atomic E-state index is 13.2. The van der Waals surface area contributed by atoms with Crippen molar-refractivity contribution in [2.45, 2.75) is 13.8 Å². The van der Waals surface area contributed by atoms with Gasteiger partial charge in [-0.3, -0.25) is 25.0 Å². The highest BCUT2D eigenvalue weighted by Gasteiger charge is 2.37. The lowest BCUT2D eigenvalue weighted by molar-refractivity contribution is -0.385. The molecule has 11 heteroatoms. The third-order valence-electron chi connectivity index (χ3n) is 5.21. The number of hydrogen-bond acceptors (Lipinski definition) is 8. The number of anilines is 1. The zero-order valence-electron chi connectivity index (χ0n) is 19.5. The minimum atomic E-state index is -0.830. The van der Waals surface area contributed by atoms with Crippen molar-refractivity contribution in [3.63, 3.8) is 0 Å². The van der Waals surface area contributed by atoms with Crippen LogP contribution in [0.2, 0.25) is 0 Å². The number of carbonyl (C=O) groups excluding carboxylic acids is 3. The summed E-state index contributed by atoms with van der Waals surface area (Å²) in [6.45, 7) is 3.68. The Morgan fingerprint density at radius 2 is 1.72 bits per heavy atom. The second-order valence-electron chi connectivity index (χ2n) is 7.93. The number of nitrogens with one attached hydrogen (secondary N) is 1. The van der Waals surface area contributed by atoms with E-state index in [4.69, 9.17) is 9.47 Å². The summed E-state index contributed by atoms with van der Waals surface area (Å²) in [5.41, 5.74) is 2.09. The van der Waals surface area contributed by atoms with Gasteiger partial charge in [-0.25, -0.2) is 14.7 Å². The molecule has 0 unspecified atom stereocenters. The molecule has 182 valence electrons. The standard InChI is InChI=1S/C25H20N4O7/c1-14-8-15(2)10-18(9-14)28-24(31)19(23(30)27-25(28)32)11-16-4-6-20(21(12-16)35-3)36-22-7-5-17(13-26-22)29(33)34/h4-13H,1-3H3,(H,27,30,32)/b19-11+. The lowest BCUT2D eigenvalue weighted by Gasteiger charge is -2.27. The second kappa shape index (κ2) is 9.66. The fourth-order valence-corrected chi connectivity index (χ4v) is 3.65. The van der Waals surface area contributed by atoms with Gasteiger partial charge in [-0.2, -0.15) is 0 Å². The van der Waals surface area contributed by atoms with Crippen LogP contribution in [0.15, 0.2) is 60.3 Å². The predicted molar refractivity (Wildman–Crippen MR) is 129 cm³/mol. The Kier molecular flexibility index (Phi) is 6.46. The van der Waals surface area contributed by atoms with Gasteiger partial charge < -0.3 is 9.47 Å². The monoisotopic (exact) mass is 488 g/mol. The Labute approximate surface area is 205 Å². The van der Waals surface area contributed by atoms with E-state index in [9.17, 15) is 24.5 Å². The largest absolute Gasteiger partial charge is 0.493 e. The molecule has 4 amide bonds. The first-order valence-electron chi connectivity index (χ1n) is 10.6. The van der Waals surface area contributed by atoms with E-state index in [-0.39, 0.29) is 28.6 Å². The number of amides is 4. The molecular weight excluding hydrogens is 468 g/mol. The van der Waals surface area contributed by atoms with E-state index in [0.29, 0.717) is 11.3 Å². The highest BCUT2D eigenvalue weighted by Crippen LogP contribution is 2.33. The van der Waals surface area contributed by atoms with Crippen LogP contribution in [-0.2, 0) is 9.59 Å². The van der Waals surface area contributed by atoms with Gasteiger partial charge in [0.25, 0.3) is 17.5 Å². The van der Waals surface area contributed by atoms with E-state index < -0.39 is 22.8 Å². The third-order valence-corrected chi connectivity index (χ3v) is 5.21. The maximum Gasteiger partial charge on any atom is 0.335 e. The van der Waals surface area contributed by atoms with Crippen LogP contribution in [0.3, 0.4) is 0 Å². The van der Waals surface area contributed by atoms with Gasteiger partial charge in [-0.05, 0) is 60.9 Å². The van der Waals surface area contributed by atoms with Crippen molar-refractivity contribution in [2.75, 3.05) is 12.0 Å². The topological polar surface area (TPSA) is 141 Å². The molecule has 11 nitrogen and oxygen atoms in total. The number of pyridine rings is 1.